The Hall–Kier alpha value is -2.63. The molecule has 0 aliphatic rings. The fraction of sp³-hybridized carbons (Fsp3) is 0.828. The summed E-state index contributed by atoms with van der Waals surface area (Å²) < 4.78 is 16.9. The van der Waals surface area contributed by atoms with Crippen LogP contribution in [0.1, 0.15) is 323 Å². The van der Waals surface area contributed by atoms with Crippen molar-refractivity contribution in [1.82, 2.24) is 0 Å². The smallest absolute Gasteiger partial charge is 0.306 e. The number of hydrogen-bond donors (Lipinski definition) is 0. The van der Waals surface area contributed by atoms with Crippen LogP contribution in [0.15, 0.2) is 48.6 Å². The number of esters is 3. The first kappa shape index (κ1) is 67.4. The minimum absolute atomic E-state index is 0.0785. The second-order valence-corrected chi connectivity index (χ2v) is 20.6. The van der Waals surface area contributed by atoms with E-state index in [1.54, 1.807) is 0 Å². The maximum Gasteiger partial charge on any atom is 0.306 e. The molecule has 0 heterocycles. The van der Waals surface area contributed by atoms with Crippen LogP contribution < -0.4 is 0 Å². The summed E-state index contributed by atoms with van der Waals surface area (Å²) in [6.07, 6.45) is 72.5. The normalized spacial score (nSPS) is 12.3. The van der Waals surface area contributed by atoms with E-state index in [1.807, 2.05) is 0 Å². The van der Waals surface area contributed by atoms with Crippen LogP contribution in [0.3, 0.4) is 0 Å². The highest BCUT2D eigenvalue weighted by atomic mass is 16.6. The molecule has 6 nitrogen and oxygen atoms in total. The van der Waals surface area contributed by atoms with Crippen molar-refractivity contribution in [2.24, 2.45) is 0 Å². The lowest BCUT2D eigenvalue weighted by atomic mass is 10.0. The third kappa shape index (κ3) is 56.3. The Morgan fingerprint density at radius 2 is 0.557 bits per heavy atom. The van der Waals surface area contributed by atoms with Crippen LogP contribution in [0.25, 0.3) is 0 Å². The molecule has 0 N–H and O–H groups in total. The molecule has 0 rings (SSSR count). The fourth-order valence-electron chi connectivity index (χ4n) is 9.02. The number of allylic oxidation sites excluding steroid dienone is 8. The molecule has 0 bridgehead atoms. The van der Waals surface area contributed by atoms with E-state index in [4.69, 9.17) is 14.2 Å². The lowest BCUT2D eigenvalue weighted by Gasteiger charge is -2.18. The van der Waals surface area contributed by atoms with E-state index in [2.05, 4.69) is 69.4 Å². The second kappa shape index (κ2) is 58.9. The van der Waals surface area contributed by atoms with Crippen molar-refractivity contribution >= 4 is 17.9 Å². The summed E-state index contributed by atoms with van der Waals surface area (Å²) in [6.45, 7) is 6.56. The molecular weight excluding hydrogens is 865 g/mol. The van der Waals surface area contributed by atoms with Crippen molar-refractivity contribution < 1.29 is 28.6 Å². The lowest BCUT2D eigenvalue weighted by Crippen LogP contribution is -2.30. The van der Waals surface area contributed by atoms with E-state index in [1.165, 1.54) is 193 Å². The first-order valence-corrected chi connectivity index (χ1v) is 30.6. The van der Waals surface area contributed by atoms with Crippen LogP contribution in [-0.2, 0) is 28.6 Å². The summed E-state index contributed by atoms with van der Waals surface area (Å²) in [7, 11) is 0. The second-order valence-electron chi connectivity index (χ2n) is 20.6. The summed E-state index contributed by atoms with van der Waals surface area (Å²) in [5, 5.41) is 0. The van der Waals surface area contributed by atoms with E-state index >= 15 is 0 Å². The molecule has 0 saturated heterocycles. The molecule has 408 valence electrons. The Labute approximate surface area is 435 Å². The van der Waals surface area contributed by atoms with Crippen LogP contribution in [0.2, 0.25) is 0 Å². The van der Waals surface area contributed by atoms with Crippen LogP contribution >= 0.6 is 0 Å². The minimum atomic E-state index is -0.783. The Morgan fingerprint density at radius 3 is 0.871 bits per heavy atom. The molecular formula is C64H116O6. The molecule has 0 aliphatic heterocycles. The van der Waals surface area contributed by atoms with Crippen molar-refractivity contribution in [2.45, 2.75) is 329 Å². The highest BCUT2D eigenvalue weighted by molar-refractivity contribution is 5.71. The molecule has 6 heteroatoms. The predicted molar refractivity (Wildman–Crippen MR) is 302 cm³/mol. The van der Waals surface area contributed by atoms with Crippen LogP contribution in [-0.4, -0.2) is 37.2 Å². The number of carbonyl (C=O) groups is 3. The first-order valence-electron chi connectivity index (χ1n) is 30.6. The van der Waals surface area contributed by atoms with Gasteiger partial charge in [0.1, 0.15) is 13.2 Å². The van der Waals surface area contributed by atoms with Gasteiger partial charge in [-0.1, -0.05) is 294 Å². The molecule has 0 aromatic heterocycles. The molecule has 0 saturated carbocycles. The minimum Gasteiger partial charge on any atom is -0.462 e. The van der Waals surface area contributed by atoms with Gasteiger partial charge in [-0.2, -0.15) is 0 Å². The largest absolute Gasteiger partial charge is 0.462 e. The Morgan fingerprint density at radius 1 is 0.300 bits per heavy atom. The third-order valence-electron chi connectivity index (χ3n) is 13.6. The van der Waals surface area contributed by atoms with Crippen LogP contribution in [0.5, 0.6) is 0 Å². The van der Waals surface area contributed by atoms with Gasteiger partial charge in [0.15, 0.2) is 6.10 Å². The van der Waals surface area contributed by atoms with E-state index in [0.717, 1.165) is 89.9 Å². The molecule has 0 aromatic carbocycles. The highest BCUT2D eigenvalue weighted by Gasteiger charge is 2.19. The zero-order valence-corrected chi connectivity index (χ0v) is 46.8. The Bertz CT molecular complexity index is 1220. The van der Waals surface area contributed by atoms with E-state index in [0.29, 0.717) is 19.3 Å². The van der Waals surface area contributed by atoms with Gasteiger partial charge < -0.3 is 14.2 Å². The monoisotopic (exact) mass is 981 g/mol. The molecule has 0 aromatic rings. The summed E-state index contributed by atoms with van der Waals surface area (Å²) >= 11 is 0. The topological polar surface area (TPSA) is 78.9 Å². The first-order chi connectivity index (χ1) is 34.5. The highest BCUT2D eigenvalue weighted by Crippen LogP contribution is 2.17. The van der Waals surface area contributed by atoms with Crippen molar-refractivity contribution in [2.75, 3.05) is 13.2 Å². The van der Waals surface area contributed by atoms with Crippen molar-refractivity contribution in [3.05, 3.63) is 48.6 Å². The number of unbranched alkanes of at least 4 members (excludes halogenated alkanes) is 37. The molecule has 0 spiro atoms. The maximum absolute atomic E-state index is 12.9. The van der Waals surface area contributed by atoms with Gasteiger partial charge in [0.05, 0.1) is 0 Å². The van der Waals surface area contributed by atoms with Gasteiger partial charge in [0.2, 0.25) is 0 Å². The number of rotatable bonds is 56. The SMILES string of the molecule is CC/C=C\C/C=C\C/C=C\C/C=C\CCCCCC(=O)OCC(COC(=O)CCCCCCCCCCCCCCCCCCCCC)OC(=O)CCCCCCCCCCCCCCCCCCC. The summed E-state index contributed by atoms with van der Waals surface area (Å²) in [5.74, 6) is -0.890. The van der Waals surface area contributed by atoms with E-state index in [-0.39, 0.29) is 31.1 Å². The van der Waals surface area contributed by atoms with E-state index in [9.17, 15) is 14.4 Å². The predicted octanol–water partition coefficient (Wildman–Crippen LogP) is 20.6. The average Bonchev–Trinajstić information content (AvgIpc) is 3.36. The van der Waals surface area contributed by atoms with Gasteiger partial charge in [-0.15, -0.1) is 0 Å². The average molecular weight is 982 g/mol. The molecule has 70 heavy (non-hydrogen) atoms. The summed E-state index contributed by atoms with van der Waals surface area (Å²) in [4.78, 5) is 38.2. The van der Waals surface area contributed by atoms with Crippen molar-refractivity contribution in [3.63, 3.8) is 0 Å². The molecule has 1 atom stereocenters. The Kier molecular flexibility index (Phi) is 56.7. The fourth-order valence-corrected chi connectivity index (χ4v) is 9.02. The zero-order chi connectivity index (χ0) is 50.7. The quantitative estimate of drug-likeness (QED) is 0.0261. The number of hydrogen-bond acceptors (Lipinski definition) is 6. The molecule has 0 fully saturated rings. The summed E-state index contributed by atoms with van der Waals surface area (Å²) in [5.41, 5.74) is 0. The molecule has 1 unspecified atom stereocenters. The molecule has 0 radical (unpaired) electrons. The van der Waals surface area contributed by atoms with Crippen molar-refractivity contribution in [3.8, 4) is 0 Å². The van der Waals surface area contributed by atoms with Gasteiger partial charge >= 0.3 is 17.9 Å². The number of carbonyl (C=O) groups excluding carboxylic acids is 3. The Balaban J connectivity index is 4.36. The lowest BCUT2D eigenvalue weighted by molar-refractivity contribution is -0.167. The standard InChI is InChI=1S/C64H116O6/c1-4-7-10-13-16-19-22-25-28-31-32-34-36-39-42-45-48-51-54-57-63(66)69-60-61(59-68-62(65)56-53-50-47-44-41-38-35-30-27-24-21-18-15-12-9-6-3)70-64(67)58-55-52-49-46-43-40-37-33-29-26-23-20-17-14-11-8-5-2/h9,12,18,21,27,30,38,41,61H,4-8,10-11,13-17,19-20,22-26,28-29,31-37,39-40,42-60H2,1-3H3/b12-9-,21-18-,30-27-,41-38-. The van der Waals surface area contributed by atoms with Crippen molar-refractivity contribution in [1.29, 1.82) is 0 Å². The van der Waals surface area contributed by atoms with Gasteiger partial charge in [0, 0.05) is 19.3 Å². The number of ether oxygens (including phenoxy) is 3. The van der Waals surface area contributed by atoms with Gasteiger partial charge in [-0.3, -0.25) is 14.4 Å². The zero-order valence-electron chi connectivity index (χ0n) is 46.8. The van der Waals surface area contributed by atoms with Crippen LogP contribution in [0.4, 0.5) is 0 Å². The molecule has 0 amide bonds. The van der Waals surface area contributed by atoms with Gasteiger partial charge in [-0.05, 0) is 57.8 Å². The van der Waals surface area contributed by atoms with E-state index < -0.39 is 6.10 Å². The summed E-state index contributed by atoms with van der Waals surface area (Å²) in [6, 6.07) is 0. The van der Waals surface area contributed by atoms with Gasteiger partial charge in [0.25, 0.3) is 0 Å². The maximum atomic E-state index is 12.9. The third-order valence-corrected chi connectivity index (χ3v) is 13.6. The van der Waals surface area contributed by atoms with Crippen LogP contribution in [0, 0.1) is 0 Å². The van der Waals surface area contributed by atoms with Gasteiger partial charge in [-0.25, -0.2) is 0 Å². The molecule has 0 aliphatic carbocycles.